The van der Waals surface area contributed by atoms with Crippen molar-refractivity contribution < 1.29 is 17.9 Å². The van der Waals surface area contributed by atoms with Crippen LogP contribution in [0.3, 0.4) is 0 Å². The van der Waals surface area contributed by atoms with Crippen molar-refractivity contribution in [3.05, 3.63) is 82.7 Å². The predicted molar refractivity (Wildman–Crippen MR) is 141 cm³/mol. The molecule has 0 saturated heterocycles. The zero-order valence-corrected chi connectivity index (χ0v) is 21.8. The van der Waals surface area contributed by atoms with Gasteiger partial charge in [-0.3, -0.25) is 0 Å². The molecule has 36 heavy (non-hydrogen) atoms. The number of alkyl halides is 2. The maximum absolute atomic E-state index is 14.7. The Morgan fingerprint density at radius 1 is 0.861 bits per heavy atom. The van der Waals surface area contributed by atoms with Crippen molar-refractivity contribution in [2.75, 3.05) is 6.61 Å². The summed E-state index contributed by atoms with van der Waals surface area (Å²) in [7, 11) is 0. The molecule has 4 rings (SSSR count). The SMILES string of the molecule is CC=CC1CCC(c2ccc(C(F)(F)OCCc3ccc(C4CCC(CC)CC4)cc3)c(F)c2)CC1. The first kappa shape index (κ1) is 27.0. The first-order valence-electron chi connectivity index (χ1n) is 13.9. The molecule has 2 aliphatic carbocycles. The number of rotatable bonds is 9. The summed E-state index contributed by atoms with van der Waals surface area (Å²) in [4.78, 5) is 0. The van der Waals surface area contributed by atoms with Crippen LogP contribution in [0.4, 0.5) is 13.2 Å². The molecule has 0 atom stereocenters. The van der Waals surface area contributed by atoms with E-state index in [2.05, 4.69) is 31.2 Å². The first-order valence-corrected chi connectivity index (χ1v) is 13.9. The summed E-state index contributed by atoms with van der Waals surface area (Å²) in [6.45, 7) is 4.13. The molecule has 0 N–H and O–H groups in total. The minimum atomic E-state index is -3.65. The third-order valence-electron chi connectivity index (χ3n) is 8.56. The van der Waals surface area contributed by atoms with Gasteiger partial charge in [-0.15, -0.1) is 0 Å². The van der Waals surface area contributed by atoms with Gasteiger partial charge < -0.3 is 4.74 Å². The topological polar surface area (TPSA) is 9.23 Å². The maximum Gasteiger partial charge on any atom is 0.386 e. The van der Waals surface area contributed by atoms with Crippen LogP contribution in [0.1, 0.15) is 106 Å². The number of ether oxygens (including phenoxy) is 1. The highest BCUT2D eigenvalue weighted by Gasteiger charge is 2.36. The van der Waals surface area contributed by atoms with Crippen molar-refractivity contribution in [2.45, 2.75) is 96.0 Å². The quantitative estimate of drug-likeness (QED) is 0.313. The molecular weight excluding hydrogens is 457 g/mol. The second-order valence-electron chi connectivity index (χ2n) is 10.9. The van der Waals surface area contributed by atoms with Gasteiger partial charge in [0.1, 0.15) is 5.82 Å². The molecule has 2 aromatic rings. The van der Waals surface area contributed by atoms with Gasteiger partial charge in [0, 0.05) is 0 Å². The summed E-state index contributed by atoms with van der Waals surface area (Å²) in [6, 6.07) is 12.5. The summed E-state index contributed by atoms with van der Waals surface area (Å²) in [6.07, 6.45) is 11.4. The molecule has 0 aliphatic heterocycles. The molecule has 2 saturated carbocycles. The van der Waals surface area contributed by atoms with Crippen LogP contribution in [-0.4, -0.2) is 6.61 Å². The number of halogens is 3. The first-order chi connectivity index (χ1) is 17.4. The summed E-state index contributed by atoms with van der Waals surface area (Å²) in [5, 5.41) is 0. The molecule has 1 nitrogen and oxygen atoms in total. The fourth-order valence-electron chi connectivity index (χ4n) is 6.17. The second kappa shape index (κ2) is 12.4. The molecule has 196 valence electrons. The van der Waals surface area contributed by atoms with Crippen LogP contribution in [-0.2, 0) is 17.3 Å². The van der Waals surface area contributed by atoms with Gasteiger partial charge in [-0.25, -0.2) is 4.39 Å². The highest BCUT2D eigenvalue weighted by molar-refractivity contribution is 5.30. The van der Waals surface area contributed by atoms with E-state index in [-0.39, 0.29) is 12.5 Å². The van der Waals surface area contributed by atoms with Gasteiger partial charge in [0.2, 0.25) is 0 Å². The van der Waals surface area contributed by atoms with Gasteiger partial charge in [0.25, 0.3) is 0 Å². The Labute approximate surface area is 215 Å². The predicted octanol–water partition coefficient (Wildman–Crippen LogP) is 9.67. The maximum atomic E-state index is 14.7. The van der Waals surface area contributed by atoms with Crippen LogP contribution in [0.25, 0.3) is 0 Å². The van der Waals surface area contributed by atoms with Crippen molar-refractivity contribution in [3.63, 3.8) is 0 Å². The normalized spacial score (nSPS) is 25.4. The lowest BCUT2D eigenvalue weighted by Crippen LogP contribution is -2.22. The Morgan fingerprint density at radius 2 is 1.47 bits per heavy atom. The van der Waals surface area contributed by atoms with E-state index in [1.807, 2.05) is 19.1 Å². The Bertz CT molecular complexity index is 981. The van der Waals surface area contributed by atoms with Gasteiger partial charge in [-0.1, -0.05) is 55.8 Å². The third kappa shape index (κ3) is 6.82. The number of hydrogen-bond donors (Lipinski definition) is 0. The Kier molecular flexibility index (Phi) is 9.33. The largest absolute Gasteiger partial charge is 0.386 e. The van der Waals surface area contributed by atoms with Crippen LogP contribution in [0.2, 0.25) is 0 Å². The van der Waals surface area contributed by atoms with Crippen LogP contribution < -0.4 is 0 Å². The van der Waals surface area contributed by atoms with Crippen molar-refractivity contribution in [2.24, 2.45) is 11.8 Å². The van der Waals surface area contributed by atoms with E-state index < -0.39 is 17.5 Å². The summed E-state index contributed by atoms with van der Waals surface area (Å²) >= 11 is 0. The average Bonchev–Trinajstić information content (AvgIpc) is 2.89. The monoisotopic (exact) mass is 498 g/mol. The summed E-state index contributed by atoms with van der Waals surface area (Å²) in [5.41, 5.74) is 2.44. The molecule has 2 fully saturated rings. The lowest BCUT2D eigenvalue weighted by Gasteiger charge is -2.28. The Balaban J connectivity index is 1.28. The van der Waals surface area contributed by atoms with Crippen molar-refractivity contribution in [1.82, 2.24) is 0 Å². The molecule has 0 spiro atoms. The minimum absolute atomic E-state index is 0.163. The van der Waals surface area contributed by atoms with Crippen LogP contribution in [0.5, 0.6) is 0 Å². The van der Waals surface area contributed by atoms with Gasteiger partial charge in [-0.2, -0.15) is 8.78 Å². The fraction of sp³-hybridized carbons (Fsp3) is 0.562. The summed E-state index contributed by atoms with van der Waals surface area (Å²) in [5.74, 6) is 1.40. The third-order valence-corrected chi connectivity index (χ3v) is 8.56. The molecule has 0 amide bonds. The van der Waals surface area contributed by atoms with Crippen LogP contribution >= 0.6 is 0 Å². The van der Waals surface area contributed by atoms with E-state index >= 15 is 0 Å². The van der Waals surface area contributed by atoms with E-state index in [9.17, 15) is 13.2 Å². The lowest BCUT2D eigenvalue weighted by atomic mass is 9.78. The zero-order chi connectivity index (χ0) is 25.5. The zero-order valence-electron chi connectivity index (χ0n) is 21.8. The molecule has 0 bridgehead atoms. The van der Waals surface area contributed by atoms with Crippen LogP contribution in [0.15, 0.2) is 54.6 Å². The Hall–Kier alpha value is -2.07. The van der Waals surface area contributed by atoms with Crippen molar-refractivity contribution in [3.8, 4) is 0 Å². The summed E-state index contributed by atoms with van der Waals surface area (Å²) < 4.78 is 49.1. The Morgan fingerprint density at radius 3 is 2.08 bits per heavy atom. The average molecular weight is 499 g/mol. The van der Waals surface area contributed by atoms with E-state index in [0.717, 1.165) is 42.7 Å². The van der Waals surface area contributed by atoms with Gasteiger partial charge in [-0.05, 0) is 117 Å². The number of benzene rings is 2. The highest BCUT2D eigenvalue weighted by Crippen LogP contribution is 2.39. The van der Waals surface area contributed by atoms with Gasteiger partial charge in [0.15, 0.2) is 0 Å². The van der Waals surface area contributed by atoms with Crippen LogP contribution in [0, 0.1) is 17.7 Å². The standard InChI is InChI=1S/C32H41F3O/c1-3-5-24-8-16-28(17-9-24)29-18-19-30(31(33)22-29)32(34,35)36-21-20-25-10-14-27(15-11-25)26-12-6-23(4-2)7-13-26/h3,5,10-11,14-15,18-19,22-24,26,28H,4,6-9,12-13,16-17,20-21H2,1-2H3. The smallest absolute Gasteiger partial charge is 0.316 e. The fourth-order valence-corrected chi connectivity index (χ4v) is 6.17. The molecule has 2 aliphatic rings. The number of hydrogen-bond acceptors (Lipinski definition) is 1. The lowest BCUT2D eigenvalue weighted by molar-refractivity contribution is -0.249. The van der Waals surface area contributed by atoms with Gasteiger partial charge in [0.05, 0.1) is 12.2 Å². The van der Waals surface area contributed by atoms with Crippen molar-refractivity contribution in [1.29, 1.82) is 0 Å². The molecular formula is C32H41F3O. The van der Waals surface area contributed by atoms with E-state index in [0.29, 0.717) is 18.3 Å². The molecule has 0 unspecified atom stereocenters. The molecule has 0 heterocycles. The van der Waals surface area contributed by atoms with Crippen molar-refractivity contribution >= 4 is 0 Å². The number of allylic oxidation sites excluding steroid dienone is 2. The van der Waals surface area contributed by atoms with E-state index in [1.165, 1.54) is 49.8 Å². The molecule has 0 aromatic heterocycles. The second-order valence-corrected chi connectivity index (χ2v) is 10.9. The minimum Gasteiger partial charge on any atom is -0.316 e. The molecule has 2 aromatic carbocycles. The molecule has 4 heteroatoms. The van der Waals surface area contributed by atoms with E-state index in [4.69, 9.17) is 4.74 Å². The van der Waals surface area contributed by atoms with Gasteiger partial charge >= 0.3 is 6.11 Å². The molecule has 0 radical (unpaired) electrons. The van der Waals surface area contributed by atoms with E-state index in [1.54, 1.807) is 6.07 Å². The highest BCUT2D eigenvalue weighted by atomic mass is 19.3.